The van der Waals surface area contributed by atoms with Gasteiger partial charge in [-0.3, -0.25) is 19.7 Å². The van der Waals surface area contributed by atoms with Crippen molar-refractivity contribution in [1.29, 1.82) is 0 Å². The second-order valence-electron chi connectivity index (χ2n) is 7.13. The zero-order valence-electron chi connectivity index (χ0n) is 16.6. The number of rotatable bonds is 4. The number of nitro benzene ring substituents is 1. The molecule has 0 bridgehead atoms. The maximum Gasteiger partial charge on any atom is 0.274 e. The first-order valence-electron chi connectivity index (χ1n) is 9.67. The quantitative estimate of drug-likeness (QED) is 0.424. The number of halogens is 2. The number of piperazine rings is 1. The summed E-state index contributed by atoms with van der Waals surface area (Å²) in [6, 6.07) is 12.3. The lowest BCUT2D eigenvalue weighted by molar-refractivity contribution is -0.384. The van der Waals surface area contributed by atoms with E-state index in [4.69, 9.17) is 23.2 Å². The van der Waals surface area contributed by atoms with Crippen molar-refractivity contribution >= 4 is 40.7 Å². The van der Waals surface area contributed by atoms with Crippen molar-refractivity contribution in [2.24, 2.45) is 0 Å². The van der Waals surface area contributed by atoms with Crippen LogP contribution in [0.15, 0.2) is 54.7 Å². The fourth-order valence-electron chi connectivity index (χ4n) is 3.44. The maximum atomic E-state index is 12.9. The molecule has 32 heavy (non-hydrogen) atoms. The average Bonchev–Trinajstić information content (AvgIpc) is 3.29. The van der Waals surface area contributed by atoms with Crippen molar-refractivity contribution < 1.29 is 14.5 Å². The first-order chi connectivity index (χ1) is 15.3. The molecule has 0 spiro atoms. The smallest absolute Gasteiger partial charge is 0.274 e. The number of carbonyl (C=O) groups excluding carboxylic acids is 2. The molecule has 0 saturated carbocycles. The summed E-state index contributed by atoms with van der Waals surface area (Å²) in [6.07, 6.45) is 1.58. The van der Waals surface area contributed by atoms with Crippen molar-refractivity contribution in [2.75, 3.05) is 26.2 Å². The van der Waals surface area contributed by atoms with Gasteiger partial charge in [-0.1, -0.05) is 29.3 Å². The number of nitro groups is 1. The molecule has 2 heterocycles. The van der Waals surface area contributed by atoms with Gasteiger partial charge in [0.1, 0.15) is 0 Å². The predicted octanol–water partition coefficient (Wildman–Crippen LogP) is 3.69. The monoisotopic (exact) mass is 473 g/mol. The molecule has 164 valence electrons. The third kappa shape index (κ3) is 4.44. The Balaban J connectivity index is 1.41. The standard InChI is InChI=1S/C21H17Cl2N5O4/c22-14-4-5-17(18(23)12-14)20(29)25-8-10-26(11-9-25)21(30)19-6-7-27(24-19)15-2-1-3-16(13-15)28(31)32/h1-7,12-13H,8-11H2. The Hall–Kier alpha value is -3.43. The van der Waals surface area contributed by atoms with E-state index in [0.29, 0.717) is 42.5 Å². The molecule has 11 heteroatoms. The van der Waals surface area contributed by atoms with Gasteiger partial charge in [-0.05, 0) is 30.3 Å². The molecule has 1 aromatic heterocycles. The van der Waals surface area contributed by atoms with Gasteiger partial charge < -0.3 is 9.80 Å². The molecule has 0 atom stereocenters. The minimum absolute atomic E-state index is 0.0625. The Kier molecular flexibility index (Phi) is 6.11. The summed E-state index contributed by atoms with van der Waals surface area (Å²) in [5.41, 5.74) is 1.00. The molecule has 2 amide bonds. The SMILES string of the molecule is O=C(c1ccn(-c2cccc([N+](=O)[O-])c2)n1)N1CCN(C(=O)c2ccc(Cl)cc2Cl)CC1. The van der Waals surface area contributed by atoms with E-state index < -0.39 is 4.92 Å². The van der Waals surface area contributed by atoms with Gasteiger partial charge in [0, 0.05) is 49.5 Å². The highest BCUT2D eigenvalue weighted by molar-refractivity contribution is 6.36. The van der Waals surface area contributed by atoms with E-state index in [2.05, 4.69) is 5.10 Å². The molecule has 0 unspecified atom stereocenters. The van der Waals surface area contributed by atoms with Crippen LogP contribution in [0.4, 0.5) is 5.69 Å². The third-order valence-corrected chi connectivity index (χ3v) is 5.68. The number of non-ortho nitro benzene ring substituents is 1. The van der Waals surface area contributed by atoms with Gasteiger partial charge in [0.2, 0.25) is 0 Å². The number of aromatic nitrogens is 2. The Morgan fingerprint density at radius 2 is 1.62 bits per heavy atom. The number of hydrogen-bond acceptors (Lipinski definition) is 5. The second kappa shape index (κ2) is 8.97. The number of carbonyl (C=O) groups is 2. The van der Waals surface area contributed by atoms with E-state index in [1.807, 2.05) is 0 Å². The van der Waals surface area contributed by atoms with Gasteiger partial charge in [0.25, 0.3) is 17.5 Å². The van der Waals surface area contributed by atoms with Crippen molar-refractivity contribution in [1.82, 2.24) is 19.6 Å². The number of hydrogen-bond donors (Lipinski definition) is 0. The summed E-state index contributed by atoms with van der Waals surface area (Å²) in [5.74, 6) is -0.487. The lowest BCUT2D eigenvalue weighted by Crippen LogP contribution is -2.50. The Bertz CT molecular complexity index is 1200. The van der Waals surface area contributed by atoms with E-state index >= 15 is 0 Å². The van der Waals surface area contributed by atoms with Crippen molar-refractivity contribution in [3.8, 4) is 5.69 Å². The van der Waals surface area contributed by atoms with Gasteiger partial charge in [-0.2, -0.15) is 5.10 Å². The van der Waals surface area contributed by atoms with Crippen LogP contribution in [-0.2, 0) is 0 Å². The molecule has 0 aliphatic carbocycles. The molecule has 2 aromatic carbocycles. The van der Waals surface area contributed by atoms with E-state index in [1.165, 1.54) is 22.9 Å². The Morgan fingerprint density at radius 1 is 0.938 bits per heavy atom. The summed E-state index contributed by atoms with van der Waals surface area (Å²) in [5, 5.41) is 16.0. The van der Waals surface area contributed by atoms with Gasteiger partial charge >= 0.3 is 0 Å². The molecule has 1 aliphatic rings. The van der Waals surface area contributed by atoms with Crippen molar-refractivity contribution in [3.63, 3.8) is 0 Å². The summed E-state index contributed by atoms with van der Waals surface area (Å²) >= 11 is 12.0. The number of benzene rings is 2. The van der Waals surface area contributed by atoms with Crippen LogP contribution in [0.1, 0.15) is 20.8 Å². The Labute approximate surface area is 192 Å². The highest BCUT2D eigenvalue weighted by atomic mass is 35.5. The predicted molar refractivity (Wildman–Crippen MR) is 118 cm³/mol. The summed E-state index contributed by atoms with van der Waals surface area (Å²) in [4.78, 5) is 39.4. The second-order valence-corrected chi connectivity index (χ2v) is 7.97. The molecule has 1 aliphatic heterocycles. The molecular formula is C21H17Cl2N5O4. The van der Waals surface area contributed by atoms with Gasteiger partial charge in [0.05, 0.1) is 21.2 Å². The van der Waals surface area contributed by atoms with Crippen LogP contribution in [0, 0.1) is 10.1 Å². The van der Waals surface area contributed by atoms with Crippen LogP contribution in [0.5, 0.6) is 0 Å². The van der Waals surface area contributed by atoms with Crippen LogP contribution in [0.2, 0.25) is 10.0 Å². The molecule has 0 radical (unpaired) electrons. The number of nitrogens with zero attached hydrogens (tertiary/aromatic N) is 5. The van der Waals surface area contributed by atoms with Crippen LogP contribution < -0.4 is 0 Å². The lowest BCUT2D eigenvalue weighted by Gasteiger charge is -2.34. The summed E-state index contributed by atoms with van der Waals surface area (Å²) < 4.78 is 1.42. The van der Waals surface area contributed by atoms with Gasteiger partial charge in [-0.25, -0.2) is 4.68 Å². The highest BCUT2D eigenvalue weighted by Gasteiger charge is 2.27. The van der Waals surface area contributed by atoms with Gasteiger partial charge in [-0.15, -0.1) is 0 Å². The molecule has 4 rings (SSSR count). The maximum absolute atomic E-state index is 12.9. The van der Waals surface area contributed by atoms with E-state index in [1.54, 1.807) is 46.3 Å². The van der Waals surface area contributed by atoms with Crippen LogP contribution in [-0.4, -0.2) is 62.5 Å². The van der Waals surface area contributed by atoms with Crippen molar-refractivity contribution in [3.05, 3.63) is 86.1 Å². The zero-order valence-corrected chi connectivity index (χ0v) is 18.2. The third-order valence-electron chi connectivity index (χ3n) is 5.13. The van der Waals surface area contributed by atoms with E-state index in [9.17, 15) is 19.7 Å². The number of amides is 2. The summed E-state index contributed by atoms with van der Waals surface area (Å²) in [7, 11) is 0. The minimum atomic E-state index is -0.489. The molecule has 1 saturated heterocycles. The van der Waals surface area contributed by atoms with Crippen molar-refractivity contribution in [2.45, 2.75) is 0 Å². The minimum Gasteiger partial charge on any atom is -0.335 e. The van der Waals surface area contributed by atoms with Crippen LogP contribution >= 0.6 is 23.2 Å². The largest absolute Gasteiger partial charge is 0.335 e. The first kappa shape index (κ1) is 21.8. The molecule has 1 fully saturated rings. The normalized spacial score (nSPS) is 13.8. The van der Waals surface area contributed by atoms with Crippen LogP contribution in [0.25, 0.3) is 5.69 Å². The fourth-order valence-corrected chi connectivity index (χ4v) is 3.93. The molecule has 9 nitrogen and oxygen atoms in total. The van der Waals surface area contributed by atoms with E-state index in [-0.39, 0.29) is 28.2 Å². The molecular weight excluding hydrogens is 457 g/mol. The van der Waals surface area contributed by atoms with Gasteiger partial charge in [0.15, 0.2) is 5.69 Å². The zero-order chi connectivity index (χ0) is 22.8. The lowest BCUT2D eigenvalue weighted by atomic mass is 10.1. The molecule has 0 N–H and O–H groups in total. The Morgan fingerprint density at radius 3 is 2.28 bits per heavy atom. The van der Waals surface area contributed by atoms with Crippen LogP contribution in [0.3, 0.4) is 0 Å². The topological polar surface area (TPSA) is 102 Å². The molecule has 3 aromatic rings. The highest BCUT2D eigenvalue weighted by Crippen LogP contribution is 2.23. The average molecular weight is 474 g/mol. The van der Waals surface area contributed by atoms with E-state index in [0.717, 1.165) is 0 Å². The fraction of sp³-hybridized carbons (Fsp3) is 0.190. The summed E-state index contributed by atoms with van der Waals surface area (Å²) in [6.45, 7) is 1.41. The first-order valence-corrected chi connectivity index (χ1v) is 10.4.